The molecule has 1 aliphatic carbocycles. The molecule has 2 fully saturated rings. The zero-order valence-corrected chi connectivity index (χ0v) is 15.0. The fourth-order valence-electron chi connectivity index (χ4n) is 4.19. The third-order valence-corrected chi connectivity index (χ3v) is 5.64. The van der Waals surface area contributed by atoms with Gasteiger partial charge in [-0.25, -0.2) is 4.79 Å². The molecule has 0 unspecified atom stereocenters. The van der Waals surface area contributed by atoms with Gasteiger partial charge in [0, 0.05) is 11.8 Å². The average molecular weight is 390 g/mol. The Balaban J connectivity index is 1.80. The van der Waals surface area contributed by atoms with Gasteiger partial charge in [-0.3, -0.25) is 0 Å². The van der Waals surface area contributed by atoms with Crippen molar-refractivity contribution in [1.82, 2.24) is 0 Å². The summed E-state index contributed by atoms with van der Waals surface area (Å²) in [6.45, 7) is 1.30. The van der Waals surface area contributed by atoms with Gasteiger partial charge in [0.05, 0.1) is 31.7 Å². The smallest absolute Gasteiger partial charge is 0.337 e. The Hall–Kier alpha value is -1.27. The molecule has 0 aromatic carbocycles. The van der Waals surface area contributed by atoms with Crippen LogP contribution in [0.25, 0.3) is 0 Å². The Kier molecular flexibility index (Phi) is 6.06. The maximum Gasteiger partial charge on any atom is 0.337 e. The summed E-state index contributed by atoms with van der Waals surface area (Å²) in [6.07, 6.45) is -7.31. The monoisotopic (exact) mass is 390 g/mol. The van der Waals surface area contributed by atoms with Crippen molar-refractivity contribution >= 4 is 5.97 Å². The maximum absolute atomic E-state index is 12.0. The van der Waals surface area contributed by atoms with Crippen LogP contribution in [0.15, 0.2) is 11.8 Å². The highest BCUT2D eigenvalue weighted by molar-refractivity contribution is 5.89. The first-order valence-corrected chi connectivity index (χ1v) is 8.88. The van der Waals surface area contributed by atoms with Gasteiger partial charge in [0.1, 0.15) is 24.4 Å². The first kappa shape index (κ1) is 20.5. The topological polar surface area (TPSA) is 155 Å². The minimum absolute atomic E-state index is 0.0757. The molecule has 2 aliphatic heterocycles. The first-order chi connectivity index (χ1) is 12.8. The molecule has 1 saturated carbocycles. The summed E-state index contributed by atoms with van der Waals surface area (Å²) >= 11 is 0. The number of rotatable bonds is 4. The predicted octanol–water partition coefficient (Wildman–Crippen LogP) is -2.15. The maximum atomic E-state index is 12.0. The number of hydrogen-bond acceptors (Lipinski definition) is 10. The Morgan fingerprint density at radius 2 is 1.89 bits per heavy atom. The lowest BCUT2D eigenvalue weighted by molar-refractivity contribution is -0.342. The van der Waals surface area contributed by atoms with Crippen LogP contribution in [0.3, 0.4) is 0 Å². The summed E-state index contributed by atoms with van der Waals surface area (Å²) < 4.78 is 21.3. The van der Waals surface area contributed by atoms with Gasteiger partial charge in [-0.15, -0.1) is 0 Å². The van der Waals surface area contributed by atoms with E-state index in [0.29, 0.717) is 6.42 Å². The Morgan fingerprint density at radius 1 is 1.19 bits per heavy atom. The van der Waals surface area contributed by atoms with Gasteiger partial charge in [-0.1, -0.05) is 6.92 Å². The number of fused-ring (bicyclic) bond motifs is 1. The van der Waals surface area contributed by atoms with Crippen LogP contribution in [0.4, 0.5) is 0 Å². The van der Waals surface area contributed by atoms with Crippen molar-refractivity contribution in [3.63, 3.8) is 0 Å². The third-order valence-electron chi connectivity index (χ3n) is 5.64. The molecule has 0 spiro atoms. The van der Waals surface area contributed by atoms with Gasteiger partial charge in [0.2, 0.25) is 6.29 Å². The van der Waals surface area contributed by atoms with Crippen molar-refractivity contribution in [2.45, 2.75) is 56.4 Å². The van der Waals surface area contributed by atoms with Crippen LogP contribution in [0, 0.1) is 17.8 Å². The minimum atomic E-state index is -1.58. The lowest BCUT2D eigenvalue weighted by atomic mass is 9.82. The van der Waals surface area contributed by atoms with E-state index in [4.69, 9.17) is 18.9 Å². The Bertz CT molecular complexity index is 578. The van der Waals surface area contributed by atoms with E-state index in [9.17, 15) is 30.3 Å². The molecule has 10 heteroatoms. The highest BCUT2D eigenvalue weighted by Gasteiger charge is 2.53. The predicted molar refractivity (Wildman–Crippen MR) is 86.6 cm³/mol. The van der Waals surface area contributed by atoms with E-state index >= 15 is 0 Å². The Morgan fingerprint density at radius 3 is 2.52 bits per heavy atom. The molecule has 154 valence electrons. The molecule has 2 heterocycles. The van der Waals surface area contributed by atoms with Gasteiger partial charge in [-0.2, -0.15) is 0 Å². The molecule has 0 radical (unpaired) electrons. The van der Waals surface area contributed by atoms with Crippen LogP contribution in [0.1, 0.15) is 13.3 Å². The number of carbonyl (C=O) groups excluding carboxylic acids is 1. The standard InChI is InChI=1S/C17H26O10/c1-6-3-8(19)11-7(15(23)24-2)5-25-16(10(6)11)27-17-14(22)13(21)12(20)9(4-18)26-17/h5-6,8-14,16-22H,3-4H2,1-2H3/t6-,8-,9+,10+,11-,12+,13-,14+,16-,17-/m0/s1. The van der Waals surface area contributed by atoms with Crippen LogP contribution in [-0.2, 0) is 23.7 Å². The number of ether oxygens (including phenoxy) is 4. The van der Waals surface area contributed by atoms with E-state index in [1.54, 1.807) is 0 Å². The van der Waals surface area contributed by atoms with Crippen LogP contribution in [0.5, 0.6) is 0 Å². The molecule has 27 heavy (non-hydrogen) atoms. The number of methoxy groups -OCH3 is 1. The fourth-order valence-corrected chi connectivity index (χ4v) is 4.19. The second kappa shape index (κ2) is 8.00. The van der Waals surface area contributed by atoms with Crippen LogP contribution in [-0.4, -0.2) is 88.3 Å². The zero-order valence-electron chi connectivity index (χ0n) is 15.0. The van der Waals surface area contributed by atoms with Crippen molar-refractivity contribution in [1.29, 1.82) is 0 Å². The van der Waals surface area contributed by atoms with Crippen LogP contribution in [0.2, 0.25) is 0 Å². The summed E-state index contributed by atoms with van der Waals surface area (Å²) in [5.74, 6) is -1.68. The van der Waals surface area contributed by atoms with Gasteiger partial charge in [-0.05, 0) is 12.3 Å². The van der Waals surface area contributed by atoms with E-state index in [-0.39, 0.29) is 11.5 Å². The van der Waals surface area contributed by atoms with Crippen molar-refractivity contribution in [2.75, 3.05) is 13.7 Å². The Labute approximate surface area is 155 Å². The van der Waals surface area contributed by atoms with Crippen molar-refractivity contribution in [3.05, 3.63) is 11.8 Å². The molecule has 5 N–H and O–H groups in total. The van der Waals surface area contributed by atoms with E-state index in [0.717, 1.165) is 0 Å². The summed E-state index contributed by atoms with van der Waals surface area (Å²) in [5.41, 5.74) is 0.202. The molecule has 0 aromatic rings. The number of esters is 1. The summed E-state index contributed by atoms with van der Waals surface area (Å²) in [5, 5.41) is 49.6. The van der Waals surface area contributed by atoms with Gasteiger partial charge >= 0.3 is 5.97 Å². The van der Waals surface area contributed by atoms with E-state index in [1.807, 2.05) is 6.92 Å². The molecule has 0 aromatic heterocycles. The molecule has 10 atom stereocenters. The fraction of sp³-hybridized carbons (Fsp3) is 0.824. The van der Waals surface area contributed by atoms with Gasteiger partial charge in [0.25, 0.3) is 0 Å². The molecule has 10 nitrogen and oxygen atoms in total. The summed E-state index contributed by atoms with van der Waals surface area (Å²) in [4.78, 5) is 12.0. The van der Waals surface area contributed by atoms with Crippen molar-refractivity contribution in [3.8, 4) is 0 Å². The van der Waals surface area contributed by atoms with E-state index in [1.165, 1.54) is 13.4 Å². The van der Waals surface area contributed by atoms with Gasteiger partial charge < -0.3 is 44.5 Å². The number of hydrogen-bond donors (Lipinski definition) is 5. The molecule has 0 amide bonds. The minimum Gasteiger partial charge on any atom is -0.472 e. The number of aliphatic hydroxyl groups excluding tert-OH is 5. The molecule has 3 rings (SSSR count). The lowest BCUT2D eigenvalue weighted by Gasteiger charge is -2.43. The highest BCUT2D eigenvalue weighted by atomic mass is 16.8. The lowest BCUT2D eigenvalue weighted by Crippen LogP contribution is -2.60. The number of carbonyl (C=O) groups is 1. The van der Waals surface area contributed by atoms with Crippen molar-refractivity contribution < 1.29 is 49.3 Å². The highest BCUT2D eigenvalue weighted by Crippen LogP contribution is 2.47. The molecular formula is C17H26O10. The summed E-state index contributed by atoms with van der Waals surface area (Å²) in [6, 6.07) is 0. The quantitative estimate of drug-likeness (QED) is 0.336. The number of aliphatic hydroxyl groups is 5. The molecule has 0 bridgehead atoms. The second-order valence-corrected chi connectivity index (χ2v) is 7.29. The largest absolute Gasteiger partial charge is 0.472 e. The first-order valence-electron chi connectivity index (χ1n) is 8.88. The summed E-state index contributed by atoms with van der Waals surface area (Å²) in [7, 11) is 1.24. The third kappa shape index (κ3) is 3.58. The van der Waals surface area contributed by atoms with Crippen molar-refractivity contribution in [2.24, 2.45) is 17.8 Å². The second-order valence-electron chi connectivity index (χ2n) is 7.29. The molecular weight excluding hydrogens is 364 g/mol. The normalized spacial score (nSPS) is 47.0. The van der Waals surface area contributed by atoms with Crippen LogP contribution >= 0.6 is 0 Å². The van der Waals surface area contributed by atoms with E-state index < -0.39 is 67.5 Å². The molecule has 3 aliphatic rings. The molecule has 1 saturated heterocycles. The zero-order chi connectivity index (χ0) is 19.9. The van der Waals surface area contributed by atoms with Crippen LogP contribution < -0.4 is 0 Å². The average Bonchev–Trinajstić information content (AvgIpc) is 2.96. The van der Waals surface area contributed by atoms with Gasteiger partial charge in [0.15, 0.2) is 6.29 Å². The van der Waals surface area contributed by atoms with E-state index in [2.05, 4.69) is 0 Å². The SMILES string of the molecule is COC(=O)C1=CO[C@@H](O[C@@H]2O[C@H](CO)[C@@H](O)[C@H](O)[C@H]2O)[C@H]2[C@@H]1[C@@H](O)C[C@@H]2C.